The highest BCUT2D eigenvalue weighted by molar-refractivity contribution is 9.08. The minimum atomic E-state index is -1.12. The number of furan rings is 4. The van der Waals surface area contributed by atoms with Crippen LogP contribution in [0.25, 0.3) is 0 Å². The maximum atomic E-state index is 11.0. The van der Waals surface area contributed by atoms with Gasteiger partial charge in [-0.1, -0.05) is 70.4 Å². The summed E-state index contributed by atoms with van der Waals surface area (Å²) in [6.07, 6.45) is 10.5. The molecule has 4 aromatic heterocycles. The lowest BCUT2D eigenvalue weighted by atomic mass is 9.70. The van der Waals surface area contributed by atoms with Gasteiger partial charge in [-0.25, -0.2) is 9.59 Å². The highest BCUT2D eigenvalue weighted by atomic mass is 79.9. The molecule has 0 bridgehead atoms. The number of carbonyl (C=O) groups is 2. The summed E-state index contributed by atoms with van der Waals surface area (Å²) in [7, 11) is 0. The van der Waals surface area contributed by atoms with Crippen molar-refractivity contribution in [1.29, 1.82) is 0 Å². The molecule has 2 aliphatic rings. The van der Waals surface area contributed by atoms with Crippen molar-refractivity contribution < 1.29 is 37.5 Å². The molecule has 0 amide bonds. The average molecular weight is 706 g/mol. The first-order valence-corrected chi connectivity index (χ1v) is 16.5. The first-order chi connectivity index (χ1) is 20.3. The quantitative estimate of drug-likeness (QED) is 0.174. The zero-order chi connectivity index (χ0) is 29.7. The monoisotopic (exact) mass is 704 g/mol. The number of rotatable bonds is 8. The standard InChI is InChI=1S/C16H18Br2O2.C16H16O6/c17-10-12-4-6-14(19-12)16(8-2-1-3-9-16)15-7-5-13(11-18)20-15;17-14(18)10-4-6-12(21-10)16(8-2-1-3-9-16)13-7-5-11(22-13)15(19)20/h4-7H,1-3,8-11H2;4-7H,1-3,8-9H2,(H,17,18)(H,19,20). The Morgan fingerprint density at radius 2 is 0.881 bits per heavy atom. The molecule has 8 nitrogen and oxygen atoms in total. The molecule has 0 spiro atoms. The second kappa shape index (κ2) is 13.1. The maximum Gasteiger partial charge on any atom is 0.371 e. The van der Waals surface area contributed by atoms with Crippen molar-refractivity contribution in [3.63, 3.8) is 0 Å². The van der Waals surface area contributed by atoms with E-state index in [9.17, 15) is 9.59 Å². The third-order valence-electron chi connectivity index (χ3n) is 8.52. The number of aromatic carboxylic acids is 2. The highest BCUT2D eigenvalue weighted by Gasteiger charge is 2.43. The summed E-state index contributed by atoms with van der Waals surface area (Å²) in [5, 5.41) is 19.6. The molecule has 2 saturated carbocycles. The van der Waals surface area contributed by atoms with E-state index < -0.39 is 17.4 Å². The predicted molar refractivity (Wildman–Crippen MR) is 162 cm³/mol. The maximum absolute atomic E-state index is 11.0. The summed E-state index contributed by atoms with van der Waals surface area (Å²) in [5.41, 5.74) is -0.654. The van der Waals surface area contributed by atoms with Crippen molar-refractivity contribution in [3.8, 4) is 0 Å². The molecule has 0 aromatic carbocycles. The molecular weight excluding hydrogens is 672 g/mol. The van der Waals surface area contributed by atoms with Gasteiger partial charge >= 0.3 is 11.9 Å². The first-order valence-electron chi connectivity index (χ1n) is 14.3. The average Bonchev–Trinajstić information content (AvgIpc) is 3.84. The van der Waals surface area contributed by atoms with Gasteiger partial charge in [-0.15, -0.1) is 0 Å². The van der Waals surface area contributed by atoms with Gasteiger partial charge in [0.2, 0.25) is 11.5 Å². The molecule has 0 saturated heterocycles. The molecule has 0 aliphatic heterocycles. The molecule has 2 aliphatic carbocycles. The van der Waals surface area contributed by atoms with Crippen LogP contribution >= 0.6 is 31.9 Å². The number of carboxylic acid groups (broad SMARTS) is 2. The Hall–Kier alpha value is -2.98. The lowest BCUT2D eigenvalue weighted by Gasteiger charge is -2.33. The van der Waals surface area contributed by atoms with E-state index in [1.807, 2.05) is 0 Å². The van der Waals surface area contributed by atoms with Crippen molar-refractivity contribution >= 4 is 43.8 Å². The molecule has 2 N–H and O–H groups in total. The molecule has 6 rings (SSSR count). The minimum absolute atomic E-state index is 0.0703. The van der Waals surface area contributed by atoms with Crippen molar-refractivity contribution in [3.05, 3.63) is 94.6 Å². The van der Waals surface area contributed by atoms with Crippen molar-refractivity contribution in [2.24, 2.45) is 0 Å². The fraction of sp³-hybridized carbons (Fsp3) is 0.438. The topological polar surface area (TPSA) is 127 Å². The van der Waals surface area contributed by atoms with Crippen LogP contribution in [0.4, 0.5) is 0 Å². The van der Waals surface area contributed by atoms with E-state index in [0.29, 0.717) is 11.5 Å². The summed E-state index contributed by atoms with van der Waals surface area (Å²) >= 11 is 6.92. The van der Waals surface area contributed by atoms with Crippen LogP contribution in [0, 0.1) is 0 Å². The summed E-state index contributed by atoms with van der Waals surface area (Å²) in [6, 6.07) is 14.5. The SMILES string of the molecule is BrCc1ccc(C2(c3ccc(CBr)o3)CCCCC2)o1.O=C(O)c1ccc(C2(c3ccc(C(=O)O)o3)CCCCC2)o1. The zero-order valence-electron chi connectivity index (χ0n) is 23.2. The molecule has 4 aromatic rings. The molecular formula is C32H34Br2O8. The van der Waals surface area contributed by atoms with Crippen LogP contribution in [-0.4, -0.2) is 22.2 Å². The van der Waals surface area contributed by atoms with Gasteiger partial charge in [-0.05, 0) is 74.2 Å². The fourth-order valence-corrected chi connectivity index (χ4v) is 6.98. The molecule has 224 valence electrons. The van der Waals surface area contributed by atoms with Gasteiger partial charge in [0.15, 0.2) is 0 Å². The third kappa shape index (κ3) is 6.06. The van der Waals surface area contributed by atoms with Crippen LogP contribution in [0.3, 0.4) is 0 Å². The summed E-state index contributed by atoms with van der Waals surface area (Å²) < 4.78 is 23.1. The van der Waals surface area contributed by atoms with E-state index in [2.05, 4.69) is 56.1 Å². The van der Waals surface area contributed by atoms with Gasteiger partial charge < -0.3 is 27.9 Å². The van der Waals surface area contributed by atoms with E-state index in [4.69, 9.17) is 27.9 Å². The first kappa shape index (κ1) is 30.5. The summed E-state index contributed by atoms with van der Waals surface area (Å²) in [6.45, 7) is 0. The molecule has 0 unspecified atom stereocenters. The Morgan fingerprint density at radius 1 is 0.548 bits per heavy atom. The van der Waals surface area contributed by atoms with Crippen LogP contribution < -0.4 is 0 Å². The Morgan fingerprint density at radius 3 is 1.17 bits per heavy atom. The molecule has 0 atom stereocenters. The largest absolute Gasteiger partial charge is 0.475 e. The fourth-order valence-electron chi connectivity index (χ4n) is 6.37. The Balaban J connectivity index is 0.000000169. The third-order valence-corrected chi connectivity index (χ3v) is 9.63. The Kier molecular flexibility index (Phi) is 9.52. The van der Waals surface area contributed by atoms with E-state index >= 15 is 0 Å². The lowest BCUT2D eigenvalue weighted by Crippen LogP contribution is -2.29. The Labute approximate surface area is 260 Å². The second-order valence-electron chi connectivity index (χ2n) is 11.0. The molecule has 2 fully saturated rings. The number of hydrogen-bond acceptors (Lipinski definition) is 6. The predicted octanol–water partition coefficient (Wildman–Crippen LogP) is 9.43. The van der Waals surface area contributed by atoms with Crippen molar-refractivity contribution in [2.75, 3.05) is 0 Å². The van der Waals surface area contributed by atoms with E-state index in [1.165, 1.54) is 31.4 Å². The Bertz CT molecular complexity index is 1400. The van der Waals surface area contributed by atoms with E-state index in [1.54, 1.807) is 12.1 Å². The van der Waals surface area contributed by atoms with Crippen LogP contribution in [0.5, 0.6) is 0 Å². The van der Waals surface area contributed by atoms with Gasteiger partial charge in [-0.2, -0.15) is 0 Å². The van der Waals surface area contributed by atoms with Crippen LogP contribution in [-0.2, 0) is 21.5 Å². The van der Waals surface area contributed by atoms with E-state index in [-0.39, 0.29) is 16.9 Å². The molecule has 42 heavy (non-hydrogen) atoms. The van der Waals surface area contributed by atoms with Gasteiger partial charge in [0, 0.05) is 0 Å². The van der Waals surface area contributed by atoms with E-state index in [0.717, 1.165) is 78.6 Å². The number of alkyl halides is 2. The zero-order valence-corrected chi connectivity index (χ0v) is 26.4. The molecule has 0 radical (unpaired) electrons. The summed E-state index contributed by atoms with van der Waals surface area (Å²) in [5.74, 6) is 2.64. The van der Waals surface area contributed by atoms with Gasteiger partial charge in [0.05, 0.1) is 21.5 Å². The smallest absolute Gasteiger partial charge is 0.371 e. The van der Waals surface area contributed by atoms with Crippen LogP contribution in [0.1, 0.15) is 120 Å². The van der Waals surface area contributed by atoms with Crippen LogP contribution in [0.2, 0.25) is 0 Å². The number of carboxylic acids is 2. The van der Waals surface area contributed by atoms with Gasteiger partial charge in [0.25, 0.3) is 0 Å². The van der Waals surface area contributed by atoms with Crippen LogP contribution in [0.15, 0.2) is 66.2 Å². The van der Waals surface area contributed by atoms with Crippen molar-refractivity contribution in [1.82, 2.24) is 0 Å². The minimum Gasteiger partial charge on any atom is -0.475 e. The molecule has 4 heterocycles. The van der Waals surface area contributed by atoms with Crippen molar-refractivity contribution in [2.45, 2.75) is 85.7 Å². The molecule has 10 heteroatoms. The highest BCUT2D eigenvalue weighted by Crippen LogP contribution is 2.47. The second-order valence-corrected chi connectivity index (χ2v) is 12.1. The summed E-state index contributed by atoms with van der Waals surface area (Å²) in [4.78, 5) is 22.1. The number of halogens is 2. The van der Waals surface area contributed by atoms with Gasteiger partial charge in [-0.3, -0.25) is 0 Å². The lowest BCUT2D eigenvalue weighted by molar-refractivity contribution is 0.0653. The van der Waals surface area contributed by atoms with Gasteiger partial charge in [0.1, 0.15) is 34.6 Å². The number of hydrogen-bond donors (Lipinski definition) is 2. The normalized spacial score (nSPS) is 17.8.